The molecule has 0 aliphatic rings. The first-order chi connectivity index (χ1) is 7.04. The zero-order valence-corrected chi connectivity index (χ0v) is 8.06. The van der Waals surface area contributed by atoms with E-state index in [4.69, 9.17) is 9.84 Å². The second-order valence-corrected chi connectivity index (χ2v) is 2.91. The minimum absolute atomic E-state index is 0.117. The predicted molar refractivity (Wildman–Crippen MR) is 51.0 cm³/mol. The van der Waals surface area contributed by atoms with Gasteiger partial charge in [-0.15, -0.1) is 0 Å². The van der Waals surface area contributed by atoms with Crippen LogP contribution in [0.25, 0.3) is 0 Å². The van der Waals surface area contributed by atoms with Crippen molar-refractivity contribution in [2.24, 2.45) is 0 Å². The van der Waals surface area contributed by atoms with Gasteiger partial charge in [-0.25, -0.2) is 4.79 Å². The van der Waals surface area contributed by atoms with Crippen LogP contribution < -0.4 is 4.74 Å². The second kappa shape index (κ2) is 4.45. The van der Waals surface area contributed by atoms with Gasteiger partial charge in [0, 0.05) is 6.42 Å². The highest BCUT2D eigenvalue weighted by Gasteiger charge is 2.13. The van der Waals surface area contributed by atoms with Gasteiger partial charge < -0.3 is 14.9 Å². The Morgan fingerprint density at radius 2 is 2.07 bits per heavy atom. The zero-order valence-electron chi connectivity index (χ0n) is 8.06. The molecule has 0 bridgehead atoms. The molecule has 0 radical (unpaired) electrons. The molecule has 0 fully saturated rings. The predicted octanol–water partition coefficient (Wildman–Crippen LogP) is 0.597. The summed E-state index contributed by atoms with van der Waals surface area (Å²) in [5, 5.41) is 17.7. The van der Waals surface area contributed by atoms with E-state index in [-0.39, 0.29) is 17.9 Å². The van der Waals surface area contributed by atoms with E-state index in [1.807, 2.05) is 0 Å². The summed E-state index contributed by atoms with van der Waals surface area (Å²) in [5.41, 5.74) is 0.431. The van der Waals surface area contributed by atoms with Gasteiger partial charge in [-0.05, 0) is 17.7 Å². The molecule has 0 saturated carbocycles. The molecular weight excluding hydrogens is 200 g/mol. The molecule has 0 saturated heterocycles. The van der Waals surface area contributed by atoms with Gasteiger partial charge in [-0.2, -0.15) is 0 Å². The number of aliphatic carboxylic acids is 1. The minimum Gasteiger partial charge on any atom is -0.504 e. The van der Waals surface area contributed by atoms with E-state index in [2.05, 4.69) is 0 Å². The number of phenols is 1. The number of carboxylic acids is 1. The number of phenolic OH excluding ortho intramolecular Hbond substituents is 1. The molecule has 80 valence electrons. The quantitative estimate of drug-likeness (QED) is 0.711. The Labute approximate surface area is 85.9 Å². The van der Waals surface area contributed by atoms with Gasteiger partial charge in [0.05, 0.1) is 7.11 Å². The molecule has 1 aromatic rings. The Bertz CT molecular complexity index is 397. The van der Waals surface area contributed by atoms with Gasteiger partial charge in [0.1, 0.15) is 0 Å². The first-order valence-electron chi connectivity index (χ1n) is 4.16. The normalized spacial score (nSPS) is 9.67. The van der Waals surface area contributed by atoms with Crippen molar-refractivity contribution in [3.8, 4) is 11.5 Å². The van der Waals surface area contributed by atoms with Crippen molar-refractivity contribution in [3.63, 3.8) is 0 Å². The maximum Gasteiger partial charge on any atom is 0.372 e. The van der Waals surface area contributed by atoms with Crippen LogP contribution in [0.15, 0.2) is 18.2 Å². The maximum absolute atomic E-state index is 10.9. The van der Waals surface area contributed by atoms with Crippen LogP contribution >= 0.6 is 0 Å². The molecule has 1 rings (SSSR count). The lowest BCUT2D eigenvalue weighted by atomic mass is 10.1. The van der Waals surface area contributed by atoms with Crippen LogP contribution in [-0.2, 0) is 16.0 Å². The average Bonchev–Trinajstić information content (AvgIpc) is 2.18. The van der Waals surface area contributed by atoms with Crippen molar-refractivity contribution in [3.05, 3.63) is 23.8 Å². The van der Waals surface area contributed by atoms with E-state index in [0.29, 0.717) is 5.56 Å². The number of benzene rings is 1. The number of aromatic hydroxyl groups is 1. The van der Waals surface area contributed by atoms with Crippen LogP contribution in [0.1, 0.15) is 5.56 Å². The van der Waals surface area contributed by atoms with Crippen LogP contribution in [0.5, 0.6) is 11.5 Å². The molecule has 0 aliphatic carbocycles. The van der Waals surface area contributed by atoms with Crippen LogP contribution in [0.3, 0.4) is 0 Å². The second-order valence-electron chi connectivity index (χ2n) is 2.91. The fraction of sp³-hybridized carbons (Fsp3) is 0.200. The number of ketones is 1. The number of carboxylic acid groups (broad SMARTS) is 1. The smallest absolute Gasteiger partial charge is 0.372 e. The largest absolute Gasteiger partial charge is 0.504 e. The van der Waals surface area contributed by atoms with Crippen LogP contribution in [0, 0.1) is 0 Å². The van der Waals surface area contributed by atoms with Crippen molar-refractivity contribution < 1.29 is 24.5 Å². The lowest BCUT2D eigenvalue weighted by Gasteiger charge is -2.04. The summed E-state index contributed by atoms with van der Waals surface area (Å²) in [6.07, 6.45) is -0.243. The van der Waals surface area contributed by atoms with E-state index in [9.17, 15) is 14.7 Å². The molecule has 5 heteroatoms. The third-order valence-electron chi connectivity index (χ3n) is 1.85. The van der Waals surface area contributed by atoms with Crippen LogP contribution in [0.4, 0.5) is 0 Å². The summed E-state index contributed by atoms with van der Waals surface area (Å²) >= 11 is 0. The van der Waals surface area contributed by atoms with E-state index in [1.165, 1.54) is 25.3 Å². The van der Waals surface area contributed by atoms with Crippen LogP contribution in [-0.4, -0.2) is 29.1 Å². The summed E-state index contributed by atoms with van der Waals surface area (Å²) in [6, 6.07) is 4.30. The molecule has 0 aliphatic heterocycles. The number of carbonyl (C=O) groups excluding carboxylic acids is 1. The summed E-state index contributed by atoms with van der Waals surface area (Å²) in [4.78, 5) is 21.1. The molecule has 0 amide bonds. The highest BCUT2D eigenvalue weighted by molar-refractivity contribution is 6.33. The van der Waals surface area contributed by atoms with Crippen molar-refractivity contribution >= 4 is 11.8 Å². The topological polar surface area (TPSA) is 83.8 Å². The molecule has 0 unspecified atom stereocenters. The van der Waals surface area contributed by atoms with Gasteiger partial charge >= 0.3 is 5.97 Å². The summed E-state index contributed by atoms with van der Waals surface area (Å²) in [6.45, 7) is 0. The Hall–Kier alpha value is -2.04. The van der Waals surface area contributed by atoms with Crippen molar-refractivity contribution in [1.82, 2.24) is 0 Å². The average molecular weight is 210 g/mol. The number of hydrogen-bond donors (Lipinski definition) is 2. The number of ether oxygens (including phenoxy) is 1. The fourth-order valence-corrected chi connectivity index (χ4v) is 1.11. The summed E-state index contributed by atoms with van der Waals surface area (Å²) < 4.78 is 4.80. The minimum atomic E-state index is -1.48. The number of carbonyl (C=O) groups is 2. The summed E-state index contributed by atoms with van der Waals surface area (Å²) in [5.74, 6) is -2.24. The maximum atomic E-state index is 10.9. The molecule has 0 spiro atoms. The van der Waals surface area contributed by atoms with Gasteiger partial charge in [-0.3, -0.25) is 4.79 Å². The van der Waals surface area contributed by atoms with Crippen molar-refractivity contribution in [2.45, 2.75) is 6.42 Å². The fourth-order valence-electron chi connectivity index (χ4n) is 1.11. The number of Topliss-reactive ketones (excluding diaryl/α,β-unsaturated/α-hetero) is 1. The molecular formula is C10H10O5. The standard InChI is InChI=1S/C10H10O5/c1-15-9-3-2-6(4-7(9)11)5-8(12)10(13)14/h2-4,11H,5H2,1H3,(H,13,14). The Morgan fingerprint density at radius 1 is 1.40 bits per heavy atom. The van der Waals surface area contributed by atoms with Crippen molar-refractivity contribution in [1.29, 1.82) is 0 Å². The highest BCUT2D eigenvalue weighted by atomic mass is 16.5. The summed E-state index contributed by atoms with van der Waals surface area (Å²) in [7, 11) is 1.40. The first-order valence-corrected chi connectivity index (χ1v) is 4.16. The van der Waals surface area contributed by atoms with Gasteiger partial charge in [0.25, 0.3) is 0 Å². The van der Waals surface area contributed by atoms with Gasteiger partial charge in [-0.1, -0.05) is 6.07 Å². The molecule has 5 nitrogen and oxygen atoms in total. The number of hydrogen-bond acceptors (Lipinski definition) is 4. The molecule has 0 aromatic heterocycles. The zero-order chi connectivity index (χ0) is 11.4. The van der Waals surface area contributed by atoms with E-state index in [0.717, 1.165) is 0 Å². The first kappa shape index (κ1) is 11.0. The molecule has 1 aromatic carbocycles. The third-order valence-corrected chi connectivity index (χ3v) is 1.85. The number of methoxy groups -OCH3 is 1. The number of rotatable bonds is 4. The van der Waals surface area contributed by atoms with E-state index < -0.39 is 11.8 Å². The molecule has 0 atom stereocenters. The Kier molecular flexibility index (Phi) is 3.28. The monoisotopic (exact) mass is 210 g/mol. The van der Waals surface area contributed by atoms with Crippen LogP contribution in [0.2, 0.25) is 0 Å². The van der Waals surface area contributed by atoms with Gasteiger partial charge in [0.2, 0.25) is 5.78 Å². The lowest BCUT2D eigenvalue weighted by molar-refractivity contribution is -0.148. The third kappa shape index (κ3) is 2.70. The Balaban J connectivity index is 2.84. The van der Waals surface area contributed by atoms with Gasteiger partial charge in [0.15, 0.2) is 11.5 Å². The Morgan fingerprint density at radius 3 is 2.53 bits per heavy atom. The van der Waals surface area contributed by atoms with E-state index >= 15 is 0 Å². The lowest BCUT2D eigenvalue weighted by Crippen LogP contribution is -2.14. The van der Waals surface area contributed by atoms with E-state index in [1.54, 1.807) is 0 Å². The SMILES string of the molecule is COc1ccc(CC(=O)C(=O)O)cc1O. The molecule has 15 heavy (non-hydrogen) atoms. The van der Waals surface area contributed by atoms with Crippen molar-refractivity contribution in [2.75, 3.05) is 7.11 Å². The molecule has 2 N–H and O–H groups in total. The molecule has 0 heterocycles. The highest BCUT2D eigenvalue weighted by Crippen LogP contribution is 2.26.